The van der Waals surface area contributed by atoms with Gasteiger partial charge in [0.15, 0.2) is 17.5 Å². The molecule has 0 aliphatic carbocycles. The zero-order valence-corrected chi connectivity index (χ0v) is 29.0. The molecule has 0 saturated carbocycles. The molecule has 9 aromatic rings. The summed E-state index contributed by atoms with van der Waals surface area (Å²) >= 11 is 0. The lowest BCUT2D eigenvalue weighted by atomic mass is 9.90. The summed E-state index contributed by atoms with van der Waals surface area (Å²) in [6.07, 6.45) is 0. The standard InChI is InChI=1S/C48H34N4/c1-31-24-38(25-32(2)49-31)35-19-13-20-36(26-35)39-27-40(45-30-37-18-9-10-21-42(37)43-22-11-12-23-44(43)45)29-41(28-39)48-51-46(33-14-5-3-6-15-33)50-47(52-48)34-16-7-4-8-17-34/h3-30H,1-2H3. The Hall–Kier alpha value is -6.78. The molecule has 7 aromatic carbocycles. The Labute approximate surface area is 303 Å². The molecule has 0 bridgehead atoms. The second-order valence-corrected chi connectivity index (χ2v) is 13.2. The van der Waals surface area contributed by atoms with Crippen molar-refractivity contribution in [2.75, 3.05) is 0 Å². The van der Waals surface area contributed by atoms with E-state index in [1.54, 1.807) is 0 Å². The zero-order valence-electron chi connectivity index (χ0n) is 29.0. The predicted octanol–water partition coefficient (Wildman–Crippen LogP) is 12.2. The van der Waals surface area contributed by atoms with E-state index in [0.29, 0.717) is 17.5 Å². The highest BCUT2D eigenvalue weighted by Crippen LogP contribution is 2.39. The van der Waals surface area contributed by atoms with E-state index in [1.165, 1.54) is 21.5 Å². The van der Waals surface area contributed by atoms with Gasteiger partial charge in [0.2, 0.25) is 0 Å². The third-order valence-electron chi connectivity index (χ3n) is 9.58. The maximum Gasteiger partial charge on any atom is 0.164 e. The molecule has 0 unspecified atom stereocenters. The monoisotopic (exact) mass is 666 g/mol. The van der Waals surface area contributed by atoms with Gasteiger partial charge in [0, 0.05) is 28.1 Å². The Bertz CT molecular complexity index is 2680. The van der Waals surface area contributed by atoms with Gasteiger partial charge in [0.05, 0.1) is 0 Å². The molecule has 0 atom stereocenters. The van der Waals surface area contributed by atoms with Crippen molar-refractivity contribution in [3.05, 3.63) is 181 Å². The van der Waals surface area contributed by atoms with Crippen LogP contribution in [0.1, 0.15) is 11.4 Å². The molecule has 52 heavy (non-hydrogen) atoms. The first-order chi connectivity index (χ1) is 25.6. The number of fused-ring (bicyclic) bond motifs is 3. The van der Waals surface area contributed by atoms with Crippen LogP contribution < -0.4 is 0 Å². The first-order valence-electron chi connectivity index (χ1n) is 17.6. The van der Waals surface area contributed by atoms with Gasteiger partial charge in [-0.25, -0.2) is 15.0 Å². The van der Waals surface area contributed by atoms with E-state index in [-0.39, 0.29) is 0 Å². The van der Waals surface area contributed by atoms with Crippen LogP contribution in [0.2, 0.25) is 0 Å². The number of hydrogen-bond donors (Lipinski definition) is 0. The fourth-order valence-corrected chi connectivity index (χ4v) is 7.19. The van der Waals surface area contributed by atoms with Crippen LogP contribution >= 0.6 is 0 Å². The van der Waals surface area contributed by atoms with Gasteiger partial charge in [-0.3, -0.25) is 4.98 Å². The molecule has 2 aromatic heterocycles. The molecule has 0 N–H and O–H groups in total. The van der Waals surface area contributed by atoms with Gasteiger partial charge in [-0.05, 0) is 111 Å². The molecular weight excluding hydrogens is 633 g/mol. The molecule has 0 spiro atoms. The summed E-state index contributed by atoms with van der Waals surface area (Å²) in [6.45, 7) is 4.10. The van der Waals surface area contributed by atoms with Crippen LogP contribution in [-0.4, -0.2) is 19.9 Å². The molecule has 0 aliphatic rings. The van der Waals surface area contributed by atoms with Gasteiger partial charge in [-0.2, -0.15) is 0 Å². The quantitative estimate of drug-likeness (QED) is 0.166. The molecule has 2 heterocycles. The van der Waals surface area contributed by atoms with Crippen molar-refractivity contribution >= 4 is 21.5 Å². The molecular formula is C48H34N4. The maximum atomic E-state index is 5.14. The zero-order chi connectivity index (χ0) is 35.0. The SMILES string of the molecule is Cc1cc(-c2cccc(-c3cc(-c4nc(-c5ccccc5)nc(-c5ccccc5)n4)cc(-c4cc5ccccc5c5ccccc45)c3)c2)cc(C)n1. The van der Waals surface area contributed by atoms with Gasteiger partial charge in [-0.1, -0.05) is 127 Å². The van der Waals surface area contributed by atoms with Gasteiger partial charge >= 0.3 is 0 Å². The van der Waals surface area contributed by atoms with Crippen molar-refractivity contribution in [3.8, 4) is 67.5 Å². The minimum absolute atomic E-state index is 0.623. The van der Waals surface area contributed by atoms with Gasteiger partial charge < -0.3 is 0 Å². The van der Waals surface area contributed by atoms with Crippen molar-refractivity contribution in [1.29, 1.82) is 0 Å². The average Bonchev–Trinajstić information content (AvgIpc) is 3.20. The number of aromatic nitrogens is 4. The van der Waals surface area contributed by atoms with Gasteiger partial charge in [-0.15, -0.1) is 0 Å². The Morgan fingerprint density at radius 2 is 0.731 bits per heavy atom. The summed E-state index contributed by atoms with van der Waals surface area (Å²) in [7, 11) is 0. The van der Waals surface area contributed by atoms with Crippen LogP contribution in [0, 0.1) is 13.8 Å². The van der Waals surface area contributed by atoms with Crippen molar-refractivity contribution in [3.63, 3.8) is 0 Å². The normalized spacial score (nSPS) is 11.3. The third-order valence-corrected chi connectivity index (χ3v) is 9.58. The van der Waals surface area contributed by atoms with Crippen molar-refractivity contribution in [1.82, 2.24) is 19.9 Å². The highest BCUT2D eigenvalue weighted by atomic mass is 15.0. The lowest BCUT2D eigenvalue weighted by molar-refractivity contribution is 1.07. The predicted molar refractivity (Wildman–Crippen MR) is 215 cm³/mol. The number of benzene rings is 7. The second kappa shape index (κ2) is 13.2. The van der Waals surface area contributed by atoms with Gasteiger partial charge in [0.1, 0.15) is 0 Å². The highest BCUT2D eigenvalue weighted by molar-refractivity contribution is 6.14. The van der Waals surface area contributed by atoms with Crippen molar-refractivity contribution in [2.24, 2.45) is 0 Å². The van der Waals surface area contributed by atoms with Crippen LogP contribution in [-0.2, 0) is 0 Å². The van der Waals surface area contributed by atoms with E-state index >= 15 is 0 Å². The first kappa shape index (κ1) is 31.2. The summed E-state index contributed by atoms with van der Waals surface area (Å²) in [5.74, 6) is 1.90. The minimum atomic E-state index is 0.623. The molecule has 0 fully saturated rings. The topological polar surface area (TPSA) is 51.6 Å². The molecule has 0 radical (unpaired) electrons. The fraction of sp³-hybridized carbons (Fsp3) is 0.0417. The number of hydrogen-bond acceptors (Lipinski definition) is 4. The van der Waals surface area contributed by atoms with E-state index in [0.717, 1.165) is 61.5 Å². The van der Waals surface area contributed by atoms with E-state index in [2.05, 4.69) is 114 Å². The van der Waals surface area contributed by atoms with E-state index in [1.807, 2.05) is 74.5 Å². The summed E-state index contributed by atoms with van der Waals surface area (Å²) in [5, 5.41) is 4.87. The van der Waals surface area contributed by atoms with Crippen LogP contribution in [0.4, 0.5) is 0 Å². The van der Waals surface area contributed by atoms with Crippen LogP contribution in [0.15, 0.2) is 170 Å². The lowest BCUT2D eigenvalue weighted by Crippen LogP contribution is -2.00. The summed E-state index contributed by atoms with van der Waals surface area (Å²) in [6, 6.07) is 59.7. The number of nitrogens with zero attached hydrogens (tertiary/aromatic N) is 4. The van der Waals surface area contributed by atoms with Crippen LogP contribution in [0.5, 0.6) is 0 Å². The molecule has 0 amide bonds. The number of rotatable bonds is 6. The smallest absolute Gasteiger partial charge is 0.164 e. The Kier molecular flexibility index (Phi) is 7.90. The molecule has 246 valence electrons. The van der Waals surface area contributed by atoms with Crippen LogP contribution in [0.3, 0.4) is 0 Å². The molecule has 4 nitrogen and oxygen atoms in total. The third kappa shape index (κ3) is 6.01. The minimum Gasteiger partial charge on any atom is -0.258 e. The second-order valence-electron chi connectivity index (χ2n) is 13.2. The Balaban J connectivity index is 1.31. The summed E-state index contributed by atoms with van der Waals surface area (Å²) < 4.78 is 0. The van der Waals surface area contributed by atoms with E-state index in [9.17, 15) is 0 Å². The summed E-state index contributed by atoms with van der Waals surface area (Å²) in [4.78, 5) is 19.9. The van der Waals surface area contributed by atoms with Crippen molar-refractivity contribution < 1.29 is 0 Å². The summed E-state index contributed by atoms with van der Waals surface area (Å²) in [5.41, 5.74) is 11.6. The lowest BCUT2D eigenvalue weighted by Gasteiger charge is -2.15. The molecule has 9 rings (SSSR count). The Morgan fingerprint density at radius 1 is 0.288 bits per heavy atom. The largest absolute Gasteiger partial charge is 0.258 e. The molecule has 4 heteroatoms. The average molecular weight is 667 g/mol. The van der Waals surface area contributed by atoms with Crippen LogP contribution in [0.25, 0.3) is 89.1 Å². The highest BCUT2D eigenvalue weighted by Gasteiger charge is 2.17. The van der Waals surface area contributed by atoms with E-state index < -0.39 is 0 Å². The number of aryl methyl sites for hydroxylation is 2. The number of pyridine rings is 1. The first-order valence-corrected chi connectivity index (χ1v) is 17.6. The fourth-order valence-electron chi connectivity index (χ4n) is 7.19. The maximum absolute atomic E-state index is 5.14. The van der Waals surface area contributed by atoms with E-state index in [4.69, 9.17) is 15.0 Å². The van der Waals surface area contributed by atoms with Gasteiger partial charge in [0.25, 0.3) is 0 Å². The molecule has 0 aliphatic heterocycles. The molecule has 0 saturated heterocycles. The van der Waals surface area contributed by atoms with Crippen molar-refractivity contribution in [2.45, 2.75) is 13.8 Å². The Morgan fingerprint density at radius 3 is 1.37 bits per heavy atom.